The highest BCUT2D eigenvalue weighted by Crippen LogP contribution is 2.16. The Kier molecular flexibility index (Phi) is 14.3. The molecule has 0 amide bonds. The van der Waals surface area contributed by atoms with Crippen molar-refractivity contribution in [2.45, 2.75) is 91.6 Å². The quantitative estimate of drug-likeness (QED) is 0.196. The molecule has 2 rings (SSSR count). The van der Waals surface area contributed by atoms with E-state index in [0.29, 0.717) is 19.6 Å². The van der Waals surface area contributed by atoms with Gasteiger partial charge in [-0.1, -0.05) is 82.1 Å². The Morgan fingerprint density at radius 3 is 1.69 bits per heavy atom. The molecule has 0 fully saturated rings. The Labute approximate surface area is 211 Å². The molecule has 0 bridgehead atoms. The molecule has 0 aliphatic rings. The predicted octanol–water partition coefficient (Wildman–Crippen LogP) is 6.38. The van der Waals surface area contributed by atoms with E-state index in [1.54, 1.807) is 0 Å². The molecule has 0 aromatic heterocycles. The second kappa shape index (κ2) is 17.3. The fraction of sp³-hybridized carbons (Fsp3) is 0.567. The Bertz CT molecular complexity index is 760. The van der Waals surface area contributed by atoms with Gasteiger partial charge in [0, 0.05) is 18.9 Å². The molecule has 5 nitrogen and oxygen atoms in total. The average molecular weight is 485 g/mol. The summed E-state index contributed by atoms with van der Waals surface area (Å²) < 4.78 is 17.4. The highest BCUT2D eigenvalue weighted by Gasteiger charge is 2.15. The van der Waals surface area contributed by atoms with E-state index in [1.165, 1.54) is 36.8 Å². The maximum absolute atomic E-state index is 12.1. The first-order chi connectivity index (χ1) is 17.0. The van der Waals surface area contributed by atoms with Crippen molar-refractivity contribution < 1.29 is 24.1 Å². The lowest BCUT2D eigenvalue weighted by molar-refractivity contribution is -0.168. The van der Waals surface area contributed by atoms with Gasteiger partial charge in [0.2, 0.25) is 0 Å². The van der Waals surface area contributed by atoms with Gasteiger partial charge in [0.25, 0.3) is 0 Å². The van der Waals surface area contributed by atoms with Crippen molar-refractivity contribution >= 4 is 5.97 Å². The number of hydrogen-bond donors (Lipinski definition) is 1. The van der Waals surface area contributed by atoms with Gasteiger partial charge in [-0.3, -0.25) is 4.79 Å². The second-order valence-electron chi connectivity index (χ2n) is 9.40. The van der Waals surface area contributed by atoms with Crippen LogP contribution in [-0.2, 0) is 45.1 Å². The van der Waals surface area contributed by atoms with E-state index < -0.39 is 6.29 Å². The number of hydrogen-bond acceptors (Lipinski definition) is 5. The zero-order valence-corrected chi connectivity index (χ0v) is 21.8. The number of aryl methyl sites for hydroxylation is 2. The van der Waals surface area contributed by atoms with Gasteiger partial charge >= 0.3 is 5.97 Å². The van der Waals surface area contributed by atoms with Crippen molar-refractivity contribution in [3.05, 3.63) is 70.8 Å². The molecule has 0 aliphatic heterocycles. The minimum atomic E-state index is -0.516. The first-order valence-electron chi connectivity index (χ1n) is 13.2. The average Bonchev–Trinajstić information content (AvgIpc) is 2.90. The lowest BCUT2D eigenvalue weighted by Gasteiger charge is -2.19. The topological polar surface area (TPSA) is 65.0 Å². The van der Waals surface area contributed by atoms with E-state index in [0.717, 1.165) is 24.0 Å². The number of rotatable bonds is 18. The minimum absolute atomic E-state index is 0.00338. The molecule has 0 spiro atoms. The molecule has 1 N–H and O–H groups in total. The van der Waals surface area contributed by atoms with Gasteiger partial charge in [0.05, 0.1) is 26.2 Å². The third kappa shape index (κ3) is 12.4. The number of aliphatic hydroxyl groups is 1. The highest BCUT2D eigenvalue weighted by molar-refractivity contribution is 5.69. The summed E-state index contributed by atoms with van der Waals surface area (Å²) in [6.07, 6.45) is 7.05. The largest absolute Gasteiger partial charge is 0.465 e. The monoisotopic (exact) mass is 484 g/mol. The molecule has 0 saturated heterocycles. The maximum Gasteiger partial charge on any atom is 0.305 e. The molecule has 2 aromatic carbocycles. The van der Waals surface area contributed by atoms with E-state index in [9.17, 15) is 4.79 Å². The molecule has 194 valence electrons. The van der Waals surface area contributed by atoms with Crippen LogP contribution in [0.5, 0.6) is 0 Å². The van der Waals surface area contributed by atoms with E-state index >= 15 is 0 Å². The van der Waals surface area contributed by atoms with Gasteiger partial charge in [-0.15, -0.1) is 0 Å². The van der Waals surface area contributed by atoms with Gasteiger partial charge in [-0.05, 0) is 47.9 Å². The van der Waals surface area contributed by atoms with Crippen molar-refractivity contribution in [1.29, 1.82) is 0 Å². The van der Waals surface area contributed by atoms with Crippen LogP contribution in [0.4, 0.5) is 0 Å². The van der Waals surface area contributed by atoms with Crippen LogP contribution < -0.4 is 0 Å². The van der Waals surface area contributed by atoms with E-state index in [2.05, 4.69) is 62.4 Å². The van der Waals surface area contributed by atoms with Gasteiger partial charge < -0.3 is 19.3 Å². The standard InChI is InChI=1S/C30H44O5/c1-4-6-8-25-10-14-27(15-11-25)22-34-30(19-18-29(32)33-21-24(3)20-31)35-23-28-16-12-26(13-17-28)9-7-5-2/h10-17,24,30-31H,4-9,18-23H2,1-3H3. The second-order valence-corrected chi connectivity index (χ2v) is 9.40. The van der Waals surface area contributed by atoms with E-state index in [4.69, 9.17) is 19.3 Å². The Morgan fingerprint density at radius 2 is 1.26 bits per heavy atom. The summed E-state index contributed by atoms with van der Waals surface area (Å²) in [5.41, 5.74) is 4.84. The zero-order chi connectivity index (χ0) is 25.3. The fourth-order valence-electron chi connectivity index (χ4n) is 3.56. The van der Waals surface area contributed by atoms with Crippen LogP contribution >= 0.6 is 0 Å². The maximum atomic E-state index is 12.1. The van der Waals surface area contributed by atoms with Crippen LogP contribution in [0.15, 0.2) is 48.5 Å². The third-order valence-corrected chi connectivity index (χ3v) is 5.98. The number of unbranched alkanes of at least 4 members (excludes halogenated alkanes) is 2. The molecule has 1 unspecified atom stereocenters. The normalized spacial score (nSPS) is 12.1. The number of aliphatic hydroxyl groups excluding tert-OH is 1. The van der Waals surface area contributed by atoms with Crippen molar-refractivity contribution in [2.75, 3.05) is 13.2 Å². The smallest absolute Gasteiger partial charge is 0.305 e. The van der Waals surface area contributed by atoms with Crippen molar-refractivity contribution in [3.8, 4) is 0 Å². The van der Waals surface area contributed by atoms with Gasteiger partial charge in [-0.25, -0.2) is 0 Å². The number of ether oxygens (including phenoxy) is 3. The minimum Gasteiger partial charge on any atom is -0.465 e. The molecule has 5 heteroatoms. The van der Waals surface area contributed by atoms with Crippen LogP contribution in [-0.4, -0.2) is 30.6 Å². The molecule has 35 heavy (non-hydrogen) atoms. The van der Waals surface area contributed by atoms with Crippen LogP contribution in [0, 0.1) is 5.92 Å². The van der Waals surface area contributed by atoms with Crippen LogP contribution in [0.1, 0.15) is 81.5 Å². The molecular formula is C30H44O5. The lowest BCUT2D eigenvalue weighted by Crippen LogP contribution is -2.20. The van der Waals surface area contributed by atoms with Crippen LogP contribution in [0.3, 0.4) is 0 Å². The first kappa shape index (κ1) is 29.0. The number of carbonyl (C=O) groups excluding carboxylic acids is 1. The summed E-state index contributed by atoms with van der Waals surface area (Å²) in [7, 11) is 0. The Hall–Kier alpha value is -2.21. The Morgan fingerprint density at radius 1 is 0.800 bits per heavy atom. The fourth-order valence-corrected chi connectivity index (χ4v) is 3.56. The molecule has 0 aliphatic carbocycles. The summed E-state index contributed by atoms with van der Waals surface area (Å²) >= 11 is 0. The zero-order valence-electron chi connectivity index (χ0n) is 21.8. The van der Waals surface area contributed by atoms with Gasteiger partial charge in [0.15, 0.2) is 6.29 Å². The lowest BCUT2D eigenvalue weighted by atomic mass is 10.1. The highest BCUT2D eigenvalue weighted by atomic mass is 16.7. The van der Waals surface area contributed by atoms with E-state index in [-0.39, 0.29) is 31.5 Å². The Balaban J connectivity index is 1.90. The molecular weight excluding hydrogens is 440 g/mol. The third-order valence-electron chi connectivity index (χ3n) is 5.98. The molecule has 0 saturated carbocycles. The molecule has 1 atom stereocenters. The number of esters is 1. The predicted molar refractivity (Wildman–Crippen MR) is 140 cm³/mol. The van der Waals surface area contributed by atoms with Crippen molar-refractivity contribution in [3.63, 3.8) is 0 Å². The molecule has 0 heterocycles. The summed E-state index contributed by atoms with van der Waals surface area (Å²) in [5, 5.41) is 9.11. The first-order valence-corrected chi connectivity index (χ1v) is 13.2. The molecule has 2 aromatic rings. The number of carbonyl (C=O) groups is 1. The summed E-state index contributed by atoms with van der Waals surface area (Å²) in [4.78, 5) is 12.1. The number of benzene rings is 2. The summed E-state index contributed by atoms with van der Waals surface area (Å²) in [6, 6.07) is 17.0. The van der Waals surface area contributed by atoms with Gasteiger partial charge in [-0.2, -0.15) is 0 Å². The molecule has 0 radical (unpaired) electrons. The van der Waals surface area contributed by atoms with E-state index in [1.807, 2.05) is 6.92 Å². The summed E-state index contributed by atoms with van der Waals surface area (Å²) in [5.74, 6) is -0.370. The SMILES string of the molecule is CCCCc1ccc(COC(CCC(=O)OCC(C)CO)OCc2ccc(CCCC)cc2)cc1. The van der Waals surface area contributed by atoms with Crippen LogP contribution in [0.2, 0.25) is 0 Å². The van der Waals surface area contributed by atoms with Crippen LogP contribution in [0.25, 0.3) is 0 Å². The van der Waals surface area contributed by atoms with Crippen molar-refractivity contribution in [1.82, 2.24) is 0 Å². The van der Waals surface area contributed by atoms with Crippen molar-refractivity contribution in [2.24, 2.45) is 5.92 Å². The van der Waals surface area contributed by atoms with Gasteiger partial charge in [0.1, 0.15) is 0 Å². The summed E-state index contributed by atoms with van der Waals surface area (Å²) in [6.45, 7) is 7.30.